The average Bonchev–Trinajstić information content (AvgIpc) is 2.29. The molecular formula is C11H12FNO3. The van der Waals surface area contributed by atoms with Crippen molar-refractivity contribution in [3.05, 3.63) is 24.0 Å². The summed E-state index contributed by atoms with van der Waals surface area (Å²) in [4.78, 5) is 11.4. The van der Waals surface area contributed by atoms with Crippen LogP contribution >= 0.6 is 0 Å². The molecular weight excluding hydrogens is 213 g/mol. The number of esters is 1. The van der Waals surface area contributed by atoms with Crippen LogP contribution in [0.3, 0.4) is 0 Å². The molecule has 0 saturated carbocycles. The van der Waals surface area contributed by atoms with E-state index in [1.165, 1.54) is 12.1 Å². The van der Waals surface area contributed by atoms with Crippen LogP contribution in [-0.4, -0.2) is 25.2 Å². The summed E-state index contributed by atoms with van der Waals surface area (Å²) < 4.78 is 23.5. The fourth-order valence-electron chi connectivity index (χ4n) is 1.53. The number of hydrogen-bond donors (Lipinski definition) is 1. The van der Waals surface area contributed by atoms with Crippen LogP contribution in [0.15, 0.2) is 18.2 Å². The molecule has 0 radical (unpaired) electrons. The molecule has 0 bridgehead atoms. The Bertz CT molecular complexity index is 408. The van der Waals surface area contributed by atoms with Crippen molar-refractivity contribution in [3.8, 4) is 5.75 Å². The van der Waals surface area contributed by atoms with Crippen LogP contribution in [0.4, 0.5) is 10.1 Å². The maximum absolute atomic E-state index is 13.3. The second-order valence-electron chi connectivity index (χ2n) is 3.35. The fraction of sp³-hybridized carbons (Fsp3) is 0.364. The second kappa shape index (κ2) is 4.38. The Kier molecular flexibility index (Phi) is 2.94. The van der Waals surface area contributed by atoms with E-state index in [1.807, 2.05) is 0 Å². The second-order valence-corrected chi connectivity index (χ2v) is 3.35. The lowest BCUT2D eigenvalue weighted by Crippen LogP contribution is -2.39. The van der Waals surface area contributed by atoms with Crippen molar-refractivity contribution in [2.75, 3.05) is 18.5 Å². The highest BCUT2D eigenvalue weighted by Gasteiger charge is 2.28. The molecule has 1 aromatic rings. The van der Waals surface area contributed by atoms with E-state index in [-0.39, 0.29) is 12.4 Å². The number of ether oxygens (including phenoxy) is 2. The lowest BCUT2D eigenvalue weighted by molar-refractivity contribution is -0.150. The predicted molar refractivity (Wildman–Crippen MR) is 55.9 cm³/mol. The molecule has 1 N–H and O–H groups in total. The summed E-state index contributed by atoms with van der Waals surface area (Å²) in [5.74, 6) is -0.492. The molecule has 0 aromatic heterocycles. The van der Waals surface area contributed by atoms with Gasteiger partial charge in [0.25, 0.3) is 0 Å². The molecule has 0 aliphatic carbocycles. The summed E-state index contributed by atoms with van der Waals surface area (Å²) in [6.45, 7) is 2.24. The maximum Gasteiger partial charge on any atom is 0.349 e. The number of halogens is 1. The van der Waals surface area contributed by atoms with Gasteiger partial charge in [0.05, 0.1) is 13.2 Å². The summed E-state index contributed by atoms with van der Waals surface area (Å²) in [6, 6.07) is 4.47. The number of carbonyl (C=O) groups excluding carboxylic acids is 1. The minimum Gasteiger partial charge on any atom is -0.475 e. The van der Waals surface area contributed by atoms with Crippen LogP contribution in [0.25, 0.3) is 0 Å². The zero-order valence-corrected chi connectivity index (χ0v) is 8.83. The molecule has 0 saturated heterocycles. The molecule has 4 nitrogen and oxygen atoms in total. The lowest BCUT2D eigenvalue weighted by atomic mass is 10.2. The van der Waals surface area contributed by atoms with Crippen molar-refractivity contribution in [2.24, 2.45) is 0 Å². The molecule has 1 unspecified atom stereocenters. The monoisotopic (exact) mass is 225 g/mol. The van der Waals surface area contributed by atoms with Gasteiger partial charge in [0.15, 0.2) is 0 Å². The molecule has 0 fully saturated rings. The van der Waals surface area contributed by atoms with E-state index >= 15 is 0 Å². The minimum atomic E-state index is -0.714. The Morgan fingerprint density at radius 3 is 3.25 bits per heavy atom. The van der Waals surface area contributed by atoms with Gasteiger partial charge in [-0.05, 0) is 19.1 Å². The number of nitrogens with one attached hydrogen (secondary N) is 1. The first-order chi connectivity index (χ1) is 7.72. The zero-order chi connectivity index (χ0) is 11.5. The van der Waals surface area contributed by atoms with Crippen molar-refractivity contribution in [2.45, 2.75) is 13.0 Å². The Balaban J connectivity index is 2.15. The highest BCUT2D eigenvalue weighted by Crippen LogP contribution is 2.31. The van der Waals surface area contributed by atoms with Gasteiger partial charge < -0.3 is 14.8 Å². The molecule has 1 aliphatic heterocycles. The third-order valence-electron chi connectivity index (χ3n) is 2.26. The normalized spacial score (nSPS) is 18.0. The van der Waals surface area contributed by atoms with Crippen LogP contribution in [0.2, 0.25) is 0 Å². The number of carbonyl (C=O) groups is 1. The van der Waals surface area contributed by atoms with E-state index < -0.39 is 12.1 Å². The van der Waals surface area contributed by atoms with Gasteiger partial charge in [0.2, 0.25) is 6.10 Å². The van der Waals surface area contributed by atoms with Crippen molar-refractivity contribution in [3.63, 3.8) is 0 Å². The van der Waals surface area contributed by atoms with Gasteiger partial charge in [-0.2, -0.15) is 0 Å². The van der Waals surface area contributed by atoms with Gasteiger partial charge in [-0.1, -0.05) is 6.07 Å². The summed E-state index contributed by atoms with van der Waals surface area (Å²) in [6.07, 6.45) is -0.714. The van der Waals surface area contributed by atoms with E-state index in [4.69, 9.17) is 9.47 Å². The Labute approximate surface area is 92.4 Å². The van der Waals surface area contributed by atoms with Crippen LogP contribution in [-0.2, 0) is 9.53 Å². The van der Waals surface area contributed by atoms with E-state index in [2.05, 4.69) is 5.32 Å². The van der Waals surface area contributed by atoms with Gasteiger partial charge in [0, 0.05) is 0 Å². The van der Waals surface area contributed by atoms with E-state index in [1.54, 1.807) is 13.0 Å². The van der Waals surface area contributed by atoms with Gasteiger partial charge in [-0.3, -0.25) is 0 Å². The molecule has 0 spiro atoms. The van der Waals surface area contributed by atoms with Gasteiger partial charge >= 0.3 is 5.97 Å². The van der Waals surface area contributed by atoms with Gasteiger partial charge in [0.1, 0.15) is 17.3 Å². The Morgan fingerprint density at radius 2 is 2.50 bits per heavy atom. The van der Waals surface area contributed by atoms with Crippen molar-refractivity contribution in [1.82, 2.24) is 0 Å². The van der Waals surface area contributed by atoms with Crippen LogP contribution in [0.1, 0.15) is 6.92 Å². The SMILES string of the molecule is CCOC(=O)C1CNc2c(F)cccc2O1. The minimum absolute atomic E-state index is 0.215. The predicted octanol–water partition coefficient (Wildman–Crippen LogP) is 1.56. The highest BCUT2D eigenvalue weighted by molar-refractivity contribution is 5.77. The first-order valence-corrected chi connectivity index (χ1v) is 5.08. The van der Waals surface area contributed by atoms with Crippen LogP contribution < -0.4 is 10.1 Å². The standard InChI is InChI=1S/C11H12FNO3/c1-2-15-11(14)9-6-13-10-7(12)4-3-5-8(10)16-9/h3-5,9,13H,2,6H2,1H3. The molecule has 1 heterocycles. The van der Waals surface area contributed by atoms with Gasteiger partial charge in [-0.15, -0.1) is 0 Å². The summed E-state index contributed by atoms with van der Waals surface area (Å²) in [5.41, 5.74) is 0.294. The average molecular weight is 225 g/mol. The van der Waals surface area contributed by atoms with Crippen LogP contribution in [0.5, 0.6) is 5.75 Å². The third-order valence-corrected chi connectivity index (χ3v) is 2.26. The summed E-state index contributed by atoms with van der Waals surface area (Å²) in [5, 5.41) is 2.82. The van der Waals surface area contributed by atoms with E-state index in [0.29, 0.717) is 18.0 Å². The van der Waals surface area contributed by atoms with Crippen molar-refractivity contribution < 1.29 is 18.7 Å². The van der Waals surface area contributed by atoms with Crippen LogP contribution in [0, 0.1) is 5.82 Å². The quantitative estimate of drug-likeness (QED) is 0.776. The summed E-state index contributed by atoms with van der Waals surface area (Å²) in [7, 11) is 0. The molecule has 86 valence electrons. The first kappa shape index (κ1) is 10.7. The summed E-state index contributed by atoms with van der Waals surface area (Å²) >= 11 is 0. The highest BCUT2D eigenvalue weighted by atomic mass is 19.1. The molecule has 0 amide bonds. The Hall–Kier alpha value is -1.78. The largest absolute Gasteiger partial charge is 0.475 e. The molecule has 1 aromatic carbocycles. The third kappa shape index (κ3) is 1.93. The van der Waals surface area contributed by atoms with Crippen molar-refractivity contribution in [1.29, 1.82) is 0 Å². The fourth-order valence-corrected chi connectivity index (χ4v) is 1.53. The lowest BCUT2D eigenvalue weighted by Gasteiger charge is -2.25. The maximum atomic E-state index is 13.3. The zero-order valence-electron chi connectivity index (χ0n) is 8.83. The Morgan fingerprint density at radius 1 is 1.69 bits per heavy atom. The number of anilines is 1. The topological polar surface area (TPSA) is 47.6 Å². The molecule has 1 atom stereocenters. The van der Waals surface area contributed by atoms with Crippen molar-refractivity contribution >= 4 is 11.7 Å². The number of para-hydroxylation sites is 1. The molecule has 5 heteroatoms. The number of benzene rings is 1. The van der Waals surface area contributed by atoms with Gasteiger partial charge in [-0.25, -0.2) is 9.18 Å². The van der Waals surface area contributed by atoms with E-state index in [0.717, 1.165) is 0 Å². The smallest absolute Gasteiger partial charge is 0.349 e. The molecule has 1 aliphatic rings. The van der Waals surface area contributed by atoms with E-state index in [9.17, 15) is 9.18 Å². The number of fused-ring (bicyclic) bond motifs is 1. The first-order valence-electron chi connectivity index (χ1n) is 5.08. The molecule has 16 heavy (non-hydrogen) atoms. The number of hydrogen-bond acceptors (Lipinski definition) is 4. The number of rotatable bonds is 2. The molecule has 2 rings (SSSR count).